The molecule has 0 saturated heterocycles. The van der Waals surface area contributed by atoms with Crippen LogP contribution in [0, 0.1) is 12.7 Å². The predicted octanol–water partition coefficient (Wildman–Crippen LogP) is 6.15. The number of aromatic nitrogens is 2. The van der Waals surface area contributed by atoms with Crippen molar-refractivity contribution >= 4 is 28.8 Å². The summed E-state index contributed by atoms with van der Waals surface area (Å²) in [5.74, 6) is 0.193. The van der Waals surface area contributed by atoms with Gasteiger partial charge in [-0.3, -0.25) is 4.40 Å². The van der Waals surface area contributed by atoms with Gasteiger partial charge in [-0.25, -0.2) is 9.37 Å². The van der Waals surface area contributed by atoms with Crippen LogP contribution in [0.3, 0.4) is 0 Å². The Kier molecular flexibility index (Phi) is 4.13. The summed E-state index contributed by atoms with van der Waals surface area (Å²) in [4.78, 5) is 4.75. The molecular formula is C18H18ClFN4. The highest BCUT2D eigenvalue weighted by Gasteiger charge is 2.24. The van der Waals surface area contributed by atoms with Gasteiger partial charge in [0.05, 0.1) is 16.4 Å². The fourth-order valence-electron chi connectivity index (χ4n) is 2.44. The maximum absolute atomic E-state index is 13.3. The van der Waals surface area contributed by atoms with E-state index in [4.69, 9.17) is 16.6 Å². The second-order valence-electron chi connectivity index (χ2n) is 6.72. The van der Waals surface area contributed by atoms with Crippen LogP contribution in [0.2, 0.25) is 5.02 Å². The summed E-state index contributed by atoms with van der Waals surface area (Å²) in [5, 5.41) is 8.63. The van der Waals surface area contributed by atoms with Gasteiger partial charge in [0.2, 0.25) is 0 Å². The van der Waals surface area contributed by atoms with E-state index in [-0.39, 0.29) is 10.4 Å². The lowest BCUT2D eigenvalue weighted by Gasteiger charge is -2.15. The number of hydrogen-bond acceptors (Lipinski definition) is 3. The summed E-state index contributed by atoms with van der Waals surface area (Å²) in [6.45, 7) is 8.25. The first-order chi connectivity index (χ1) is 11.3. The fourth-order valence-corrected chi connectivity index (χ4v) is 2.62. The molecule has 0 unspecified atom stereocenters. The SMILES string of the molecule is Cc1cccn2c(N=Nc3ccc(F)c(Cl)c3)c(C(C)(C)C)nc12. The number of fused-ring (bicyclic) bond motifs is 1. The van der Waals surface area contributed by atoms with Crippen molar-refractivity contribution in [1.82, 2.24) is 9.38 Å². The summed E-state index contributed by atoms with van der Waals surface area (Å²) in [7, 11) is 0. The van der Waals surface area contributed by atoms with Crippen molar-refractivity contribution in [2.45, 2.75) is 33.1 Å². The van der Waals surface area contributed by atoms with E-state index in [0.29, 0.717) is 11.5 Å². The van der Waals surface area contributed by atoms with Crippen LogP contribution < -0.4 is 0 Å². The van der Waals surface area contributed by atoms with E-state index < -0.39 is 5.82 Å². The van der Waals surface area contributed by atoms with Gasteiger partial charge in [-0.1, -0.05) is 38.4 Å². The molecule has 2 heterocycles. The van der Waals surface area contributed by atoms with E-state index in [0.717, 1.165) is 16.9 Å². The average Bonchev–Trinajstić information content (AvgIpc) is 2.89. The number of halogens is 2. The van der Waals surface area contributed by atoms with Gasteiger partial charge in [-0.2, -0.15) is 0 Å². The summed E-state index contributed by atoms with van der Waals surface area (Å²) >= 11 is 5.80. The Morgan fingerprint density at radius 2 is 1.92 bits per heavy atom. The highest BCUT2D eigenvalue weighted by Crippen LogP contribution is 2.34. The minimum absolute atomic E-state index is 0.0245. The first-order valence-corrected chi connectivity index (χ1v) is 8.00. The van der Waals surface area contributed by atoms with E-state index in [1.807, 2.05) is 29.7 Å². The van der Waals surface area contributed by atoms with E-state index >= 15 is 0 Å². The lowest BCUT2D eigenvalue weighted by molar-refractivity contribution is 0.573. The number of pyridine rings is 1. The summed E-state index contributed by atoms with van der Waals surface area (Å²) in [6, 6.07) is 8.22. The van der Waals surface area contributed by atoms with Crippen LogP contribution in [-0.4, -0.2) is 9.38 Å². The van der Waals surface area contributed by atoms with Crippen LogP contribution in [0.25, 0.3) is 5.65 Å². The molecule has 0 fully saturated rings. The lowest BCUT2D eigenvalue weighted by Crippen LogP contribution is -2.11. The van der Waals surface area contributed by atoms with Gasteiger partial charge in [-0.05, 0) is 36.8 Å². The van der Waals surface area contributed by atoms with E-state index in [9.17, 15) is 4.39 Å². The van der Waals surface area contributed by atoms with Gasteiger partial charge in [0, 0.05) is 11.6 Å². The molecule has 124 valence electrons. The maximum atomic E-state index is 13.3. The van der Waals surface area contributed by atoms with Gasteiger partial charge in [-0.15, -0.1) is 10.2 Å². The third-order valence-electron chi connectivity index (χ3n) is 3.69. The number of imidazole rings is 1. The van der Waals surface area contributed by atoms with Crippen LogP contribution >= 0.6 is 11.6 Å². The number of aryl methyl sites for hydroxylation is 1. The molecule has 0 aliphatic carbocycles. The van der Waals surface area contributed by atoms with Crippen molar-refractivity contribution in [1.29, 1.82) is 0 Å². The molecule has 0 N–H and O–H groups in total. The molecule has 0 aliphatic heterocycles. The van der Waals surface area contributed by atoms with Crippen molar-refractivity contribution in [2.75, 3.05) is 0 Å². The van der Waals surface area contributed by atoms with E-state index in [2.05, 4.69) is 31.0 Å². The van der Waals surface area contributed by atoms with Crippen LogP contribution in [-0.2, 0) is 5.41 Å². The van der Waals surface area contributed by atoms with E-state index in [1.54, 1.807) is 0 Å². The monoisotopic (exact) mass is 344 g/mol. The average molecular weight is 345 g/mol. The second-order valence-corrected chi connectivity index (χ2v) is 7.12. The number of azo groups is 1. The highest BCUT2D eigenvalue weighted by molar-refractivity contribution is 6.30. The molecule has 4 nitrogen and oxygen atoms in total. The number of nitrogens with zero attached hydrogens (tertiary/aromatic N) is 4. The standard InChI is InChI=1S/C18H18ClFN4/c1-11-6-5-9-24-16(11)21-15(18(2,3)4)17(24)23-22-12-7-8-14(20)13(19)10-12/h5-10H,1-4H3. The summed E-state index contributed by atoms with van der Waals surface area (Å²) in [6.07, 6.45) is 1.91. The molecule has 2 aromatic heterocycles. The van der Waals surface area contributed by atoms with Gasteiger partial charge in [0.25, 0.3) is 0 Å². The maximum Gasteiger partial charge on any atom is 0.183 e. The van der Waals surface area contributed by atoms with Gasteiger partial charge in [0.15, 0.2) is 5.82 Å². The van der Waals surface area contributed by atoms with Crippen LogP contribution in [0.5, 0.6) is 0 Å². The Labute approximate surface area is 145 Å². The Morgan fingerprint density at radius 1 is 1.17 bits per heavy atom. The van der Waals surface area contributed by atoms with Gasteiger partial charge in [0.1, 0.15) is 11.5 Å². The smallest absolute Gasteiger partial charge is 0.183 e. The Morgan fingerprint density at radius 3 is 2.58 bits per heavy atom. The second kappa shape index (κ2) is 5.98. The third-order valence-corrected chi connectivity index (χ3v) is 3.98. The molecule has 0 radical (unpaired) electrons. The fraction of sp³-hybridized carbons (Fsp3) is 0.278. The predicted molar refractivity (Wildman–Crippen MR) is 94.2 cm³/mol. The Balaban J connectivity index is 2.15. The number of hydrogen-bond donors (Lipinski definition) is 0. The summed E-state index contributed by atoms with van der Waals surface area (Å²) in [5.41, 5.74) is 3.08. The molecule has 0 saturated carbocycles. The molecule has 0 spiro atoms. The van der Waals surface area contributed by atoms with Crippen molar-refractivity contribution in [2.24, 2.45) is 10.2 Å². The molecule has 0 aliphatic rings. The van der Waals surface area contributed by atoms with Crippen LogP contribution in [0.15, 0.2) is 46.8 Å². The third kappa shape index (κ3) is 3.04. The Bertz CT molecular complexity index is 938. The minimum atomic E-state index is -0.476. The molecular weight excluding hydrogens is 327 g/mol. The van der Waals surface area contributed by atoms with E-state index in [1.165, 1.54) is 18.2 Å². The van der Waals surface area contributed by atoms with Gasteiger partial charge < -0.3 is 0 Å². The number of rotatable bonds is 2. The van der Waals surface area contributed by atoms with Crippen LogP contribution in [0.1, 0.15) is 32.0 Å². The quantitative estimate of drug-likeness (QED) is 0.514. The topological polar surface area (TPSA) is 42.0 Å². The zero-order valence-corrected chi connectivity index (χ0v) is 14.8. The Hall–Kier alpha value is -2.27. The molecule has 0 atom stereocenters. The first-order valence-electron chi connectivity index (χ1n) is 7.62. The lowest BCUT2D eigenvalue weighted by atomic mass is 9.92. The van der Waals surface area contributed by atoms with Crippen molar-refractivity contribution in [3.8, 4) is 0 Å². The normalized spacial score (nSPS) is 12.4. The first kappa shape index (κ1) is 16.6. The van der Waals surface area contributed by atoms with Crippen molar-refractivity contribution in [3.63, 3.8) is 0 Å². The molecule has 3 aromatic rings. The molecule has 0 amide bonds. The highest BCUT2D eigenvalue weighted by atomic mass is 35.5. The minimum Gasteiger partial charge on any atom is -0.283 e. The molecule has 24 heavy (non-hydrogen) atoms. The molecule has 3 rings (SSSR count). The van der Waals surface area contributed by atoms with Gasteiger partial charge >= 0.3 is 0 Å². The van der Waals surface area contributed by atoms with Crippen LogP contribution in [0.4, 0.5) is 15.9 Å². The van der Waals surface area contributed by atoms with Crippen molar-refractivity contribution < 1.29 is 4.39 Å². The summed E-state index contributed by atoms with van der Waals surface area (Å²) < 4.78 is 15.2. The molecule has 1 aromatic carbocycles. The molecule has 6 heteroatoms. The zero-order chi connectivity index (χ0) is 17.5. The number of benzene rings is 1. The molecule has 0 bridgehead atoms. The zero-order valence-electron chi connectivity index (χ0n) is 14.0. The van der Waals surface area contributed by atoms with Crippen molar-refractivity contribution in [3.05, 3.63) is 58.6 Å². The largest absolute Gasteiger partial charge is 0.283 e.